The van der Waals surface area contributed by atoms with E-state index < -0.39 is 6.04 Å². The van der Waals surface area contributed by atoms with Crippen molar-refractivity contribution in [1.29, 1.82) is 0 Å². The molecule has 27 heavy (non-hydrogen) atoms. The standard InChI is InChI=1S/C19H25FN6O/c1-3-26(13-6-8-25(2)9-7-13)19-21-11-14-17(24-19)22-15-5-4-12(20)10-16(15)23-18(14)27/h4-5,10-11,13,15-16H,3,6-9H2,1-2H3,(H,23,27)(H,21,22,24). The first-order valence-electron chi connectivity index (χ1n) is 9.50. The van der Waals surface area contributed by atoms with Gasteiger partial charge in [0.15, 0.2) is 0 Å². The van der Waals surface area contributed by atoms with Crippen LogP contribution in [0.4, 0.5) is 16.2 Å². The Morgan fingerprint density at radius 3 is 2.81 bits per heavy atom. The molecule has 144 valence electrons. The Labute approximate surface area is 158 Å². The maximum Gasteiger partial charge on any atom is 0.257 e. The average Bonchev–Trinajstić information content (AvgIpc) is 2.79. The van der Waals surface area contributed by atoms with E-state index in [2.05, 4.69) is 44.4 Å². The van der Waals surface area contributed by atoms with Gasteiger partial charge in [0.1, 0.15) is 17.2 Å². The fourth-order valence-electron chi connectivity index (χ4n) is 3.96. The summed E-state index contributed by atoms with van der Waals surface area (Å²) in [5.74, 6) is 0.483. The van der Waals surface area contributed by atoms with Crippen LogP contribution in [0.15, 0.2) is 30.3 Å². The van der Waals surface area contributed by atoms with E-state index in [1.807, 2.05) is 0 Å². The van der Waals surface area contributed by atoms with Crippen molar-refractivity contribution >= 4 is 17.7 Å². The maximum absolute atomic E-state index is 13.5. The van der Waals surface area contributed by atoms with E-state index in [0.717, 1.165) is 32.5 Å². The first-order chi connectivity index (χ1) is 13.0. The van der Waals surface area contributed by atoms with Crippen molar-refractivity contribution in [3.63, 3.8) is 0 Å². The molecule has 2 aliphatic heterocycles. The quantitative estimate of drug-likeness (QED) is 0.842. The van der Waals surface area contributed by atoms with Gasteiger partial charge in [-0.15, -0.1) is 0 Å². The first kappa shape index (κ1) is 17.9. The molecule has 3 heterocycles. The number of anilines is 2. The molecule has 1 amide bonds. The molecule has 0 saturated carbocycles. The smallest absolute Gasteiger partial charge is 0.257 e. The third-order valence-electron chi connectivity index (χ3n) is 5.54. The largest absolute Gasteiger partial charge is 0.361 e. The highest BCUT2D eigenvalue weighted by molar-refractivity contribution is 5.99. The number of aromatic nitrogens is 2. The lowest BCUT2D eigenvalue weighted by molar-refractivity contribution is 0.0946. The number of piperidine rings is 1. The summed E-state index contributed by atoms with van der Waals surface area (Å²) in [6.45, 7) is 5.01. The molecular formula is C19H25FN6O. The Hall–Kier alpha value is -2.48. The molecule has 0 bridgehead atoms. The van der Waals surface area contributed by atoms with E-state index in [-0.39, 0.29) is 17.8 Å². The monoisotopic (exact) mass is 372 g/mol. The van der Waals surface area contributed by atoms with Crippen LogP contribution < -0.4 is 15.5 Å². The summed E-state index contributed by atoms with van der Waals surface area (Å²) in [6, 6.07) is -0.296. The van der Waals surface area contributed by atoms with Crippen LogP contribution in [0.1, 0.15) is 30.1 Å². The molecule has 1 aromatic rings. The Balaban J connectivity index is 1.61. The van der Waals surface area contributed by atoms with Crippen LogP contribution in [0.25, 0.3) is 0 Å². The molecule has 4 rings (SSSR count). The van der Waals surface area contributed by atoms with Crippen molar-refractivity contribution in [2.45, 2.75) is 37.9 Å². The van der Waals surface area contributed by atoms with E-state index in [4.69, 9.17) is 0 Å². The zero-order chi connectivity index (χ0) is 19.0. The Bertz CT molecular complexity index is 786. The normalized spacial score (nSPS) is 25.6. The number of fused-ring (bicyclic) bond motifs is 2. The fourth-order valence-corrected chi connectivity index (χ4v) is 3.96. The number of hydrogen-bond donors (Lipinski definition) is 2. The lowest BCUT2D eigenvalue weighted by Crippen LogP contribution is -2.44. The summed E-state index contributed by atoms with van der Waals surface area (Å²) in [5, 5.41) is 6.10. The zero-order valence-corrected chi connectivity index (χ0v) is 15.7. The molecule has 2 atom stereocenters. The van der Waals surface area contributed by atoms with Crippen molar-refractivity contribution in [3.05, 3.63) is 35.8 Å². The van der Waals surface area contributed by atoms with Crippen molar-refractivity contribution < 1.29 is 9.18 Å². The predicted octanol–water partition coefficient (Wildman–Crippen LogP) is 1.71. The Morgan fingerprint density at radius 2 is 2.07 bits per heavy atom. The summed E-state index contributed by atoms with van der Waals surface area (Å²) >= 11 is 0. The molecule has 0 aromatic carbocycles. The van der Waals surface area contributed by atoms with E-state index in [0.29, 0.717) is 23.4 Å². The Morgan fingerprint density at radius 1 is 1.30 bits per heavy atom. The summed E-state index contributed by atoms with van der Waals surface area (Å²) < 4.78 is 13.5. The number of likely N-dealkylation sites (tertiary alicyclic amines) is 1. The number of allylic oxidation sites excluding steroid dienone is 2. The summed E-state index contributed by atoms with van der Waals surface area (Å²) in [4.78, 5) is 26.2. The summed E-state index contributed by atoms with van der Waals surface area (Å²) in [6.07, 6.45) is 8.23. The SMILES string of the molecule is CCN(c1ncc2c(n1)NC1C=CC(F)=CC1NC2=O)C1CCN(C)CC1. The van der Waals surface area contributed by atoms with Gasteiger partial charge in [-0.1, -0.05) is 6.08 Å². The van der Waals surface area contributed by atoms with E-state index in [1.165, 1.54) is 12.2 Å². The molecule has 1 saturated heterocycles. The van der Waals surface area contributed by atoms with Gasteiger partial charge in [0.25, 0.3) is 5.91 Å². The minimum Gasteiger partial charge on any atom is -0.361 e. The molecule has 1 fully saturated rings. The third kappa shape index (κ3) is 3.53. The maximum atomic E-state index is 13.5. The van der Waals surface area contributed by atoms with Gasteiger partial charge in [0.2, 0.25) is 5.95 Å². The third-order valence-corrected chi connectivity index (χ3v) is 5.54. The molecule has 2 unspecified atom stereocenters. The minimum absolute atomic E-state index is 0.240. The average molecular weight is 372 g/mol. The first-order valence-corrected chi connectivity index (χ1v) is 9.50. The predicted molar refractivity (Wildman–Crippen MR) is 103 cm³/mol. The van der Waals surface area contributed by atoms with Crippen molar-refractivity contribution in [3.8, 4) is 0 Å². The number of halogens is 1. The Kier molecular flexibility index (Phi) is 4.82. The highest BCUT2D eigenvalue weighted by Gasteiger charge is 2.31. The lowest BCUT2D eigenvalue weighted by atomic mass is 10.0. The molecular weight excluding hydrogens is 347 g/mol. The number of nitrogens with one attached hydrogen (secondary N) is 2. The molecule has 8 heteroatoms. The highest BCUT2D eigenvalue weighted by atomic mass is 19.1. The van der Waals surface area contributed by atoms with Gasteiger partial charge < -0.3 is 20.4 Å². The van der Waals surface area contributed by atoms with Gasteiger partial charge in [0.05, 0.1) is 12.1 Å². The van der Waals surface area contributed by atoms with E-state index >= 15 is 0 Å². The van der Waals surface area contributed by atoms with Crippen molar-refractivity contribution in [2.24, 2.45) is 0 Å². The number of carbonyl (C=O) groups excluding carboxylic acids is 1. The highest BCUT2D eigenvalue weighted by Crippen LogP contribution is 2.26. The molecule has 3 aliphatic rings. The molecule has 2 N–H and O–H groups in total. The van der Waals surface area contributed by atoms with Crippen LogP contribution in [0.2, 0.25) is 0 Å². The molecule has 1 aliphatic carbocycles. The number of amides is 1. The van der Waals surface area contributed by atoms with E-state index in [1.54, 1.807) is 12.3 Å². The number of nitrogens with zero attached hydrogens (tertiary/aromatic N) is 4. The second-order valence-electron chi connectivity index (χ2n) is 7.33. The molecule has 0 spiro atoms. The van der Waals surface area contributed by atoms with Gasteiger partial charge >= 0.3 is 0 Å². The number of hydrogen-bond acceptors (Lipinski definition) is 6. The molecule has 7 nitrogen and oxygen atoms in total. The van der Waals surface area contributed by atoms with Gasteiger partial charge in [-0.2, -0.15) is 4.98 Å². The van der Waals surface area contributed by atoms with Gasteiger partial charge in [-0.05, 0) is 52.1 Å². The van der Waals surface area contributed by atoms with Crippen LogP contribution in [0, 0.1) is 0 Å². The fraction of sp³-hybridized carbons (Fsp3) is 0.526. The van der Waals surface area contributed by atoms with Crippen LogP contribution in [0.5, 0.6) is 0 Å². The summed E-state index contributed by atoms with van der Waals surface area (Å²) in [7, 11) is 2.14. The second-order valence-corrected chi connectivity index (χ2v) is 7.33. The van der Waals surface area contributed by atoms with Gasteiger partial charge in [-0.3, -0.25) is 4.79 Å². The topological polar surface area (TPSA) is 73.4 Å². The van der Waals surface area contributed by atoms with Gasteiger partial charge in [0, 0.05) is 18.8 Å². The van der Waals surface area contributed by atoms with Crippen LogP contribution in [0.3, 0.4) is 0 Å². The number of rotatable bonds is 3. The molecule has 1 aromatic heterocycles. The van der Waals surface area contributed by atoms with Crippen molar-refractivity contribution in [1.82, 2.24) is 20.2 Å². The van der Waals surface area contributed by atoms with Crippen molar-refractivity contribution in [2.75, 3.05) is 36.9 Å². The van der Waals surface area contributed by atoms with Gasteiger partial charge in [-0.25, -0.2) is 9.37 Å². The lowest BCUT2D eigenvalue weighted by Gasteiger charge is -2.37. The molecule has 0 radical (unpaired) electrons. The number of carbonyl (C=O) groups is 1. The van der Waals surface area contributed by atoms with Crippen LogP contribution in [-0.2, 0) is 0 Å². The second kappa shape index (κ2) is 7.26. The minimum atomic E-state index is -0.448. The summed E-state index contributed by atoms with van der Waals surface area (Å²) in [5.41, 5.74) is 0.384. The zero-order valence-electron chi connectivity index (χ0n) is 15.7. The van der Waals surface area contributed by atoms with E-state index in [9.17, 15) is 9.18 Å². The van der Waals surface area contributed by atoms with Crippen LogP contribution >= 0.6 is 0 Å². The van der Waals surface area contributed by atoms with Crippen LogP contribution in [-0.4, -0.2) is 65.6 Å².